The maximum absolute atomic E-state index is 12.6. The molecule has 0 saturated heterocycles. The Hall–Kier alpha value is -1.35. The topological polar surface area (TPSA) is 33.5 Å². The molecular formula is C21H35N2O+. The van der Waals surface area contributed by atoms with Crippen molar-refractivity contribution in [2.45, 2.75) is 63.2 Å². The Labute approximate surface area is 147 Å². The predicted octanol–water partition coefficient (Wildman–Crippen LogP) is 2.71. The van der Waals surface area contributed by atoms with E-state index >= 15 is 0 Å². The van der Waals surface area contributed by atoms with E-state index in [1.807, 2.05) is 0 Å². The van der Waals surface area contributed by atoms with E-state index in [2.05, 4.69) is 49.7 Å². The highest BCUT2D eigenvalue weighted by Gasteiger charge is 2.34. The van der Waals surface area contributed by atoms with Crippen molar-refractivity contribution in [1.82, 2.24) is 5.32 Å². The smallest absolute Gasteiger partial charge is 0.220 e. The summed E-state index contributed by atoms with van der Waals surface area (Å²) in [5, 5.41) is 3.16. The molecule has 0 radical (unpaired) electrons. The van der Waals surface area contributed by atoms with Gasteiger partial charge >= 0.3 is 0 Å². The summed E-state index contributed by atoms with van der Waals surface area (Å²) in [6.45, 7) is 1.90. The standard InChI is InChI=1S/C21H34N2O/c1-23(2)17-11-16-22-20(24)18-21(19-12-7-6-8-13-19)14-9-4-3-5-10-15-21/h6-8,12-13H,3-5,9-11,14-18H2,1-2H3,(H,22,24)/p+1. The molecule has 2 N–H and O–H groups in total. The summed E-state index contributed by atoms with van der Waals surface area (Å²) in [5.74, 6) is 0.230. The molecular weight excluding hydrogens is 296 g/mol. The summed E-state index contributed by atoms with van der Waals surface area (Å²) in [5.41, 5.74) is 1.40. The number of hydrogen-bond acceptors (Lipinski definition) is 1. The Bertz CT molecular complexity index is 476. The number of quaternary nitrogens is 1. The number of hydrogen-bond donors (Lipinski definition) is 2. The molecule has 2 rings (SSSR count). The number of nitrogens with one attached hydrogen (secondary N) is 2. The number of rotatable bonds is 7. The van der Waals surface area contributed by atoms with Crippen LogP contribution in [0.2, 0.25) is 0 Å². The van der Waals surface area contributed by atoms with Gasteiger partial charge in [0.1, 0.15) is 0 Å². The van der Waals surface area contributed by atoms with Gasteiger partial charge in [0.25, 0.3) is 0 Å². The zero-order chi connectivity index (χ0) is 17.3. The molecule has 1 aromatic rings. The molecule has 1 aliphatic rings. The first-order valence-electron chi connectivity index (χ1n) is 9.74. The first-order valence-corrected chi connectivity index (χ1v) is 9.74. The minimum atomic E-state index is 0.0402. The second-order valence-electron chi connectivity index (χ2n) is 7.75. The van der Waals surface area contributed by atoms with E-state index in [1.165, 1.54) is 42.6 Å². The normalized spacial score (nSPS) is 18.0. The third-order valence-corrected chi connectivity index (χ3v) is 5.37. The van der Waals surface area contributed by atoms with E-state index in [1.54, 1.807) is 0 Å². The fourth-order valence-corrected chi connectivity index (χ4v) is 3.98. The van der Waals surface area contributed by atoms with Crippen molar-refractivity contribution in [1.29, 1.82) is 0 Å². The number of benzene rings is 1. The summed E-state index contributed by atoms with van der Waals surface area (Å²) < 4.78 is 0. The van der Waals surface area contributed by atoms with Crippen LogP contribution in [0.15, 0.2) is 30.3 Å². The van der Waals surface area contributed by atoms with Gasteiger partial charge in [-0.1, -0.05) is 62.4 Å². The molecule has 0 aliphatic heterocycles. The Morgan fingerprint density at radius 3 is 2.29 bits per heavy atom. The minimum Gasteiger partial charge on any atom is -0.356 e. The maximum atomic E-state index is 12.6. The van der Waals surface area contributed by atoms with E-state index < -0.39 is 0 Å². The number of carbonyl (C=O) groups excluding carboxylic acids is 1. The third kappa shape index (κ3) is 5.94. The van der Waals surface area contributed by atoms with Crippen LogP contribution >= 0.6 is 0 Å². The predicted molar refractivity (Wildman–Crippen MR) is 100 cm³/mol. The lowest BCUT2D eigenvalue weighted by atomic mass is 9.69. The lowest BCUT2D eigenvalue weighted by Gasteiger charge is -2.36. The van der Waals surface area contributed by atoms with Gasteiger partial charge in [-0.15, -0.1) is 0 Å². The van der Waals surface area contributed by atoms with Crippen LogP contribution in [0.1, 0.15) is 63.4 Å². The van der Waals surface area contributed by atoms with E-state index in [9.17, 15) is 4.79 Å². The molecule has 0 unspecified atom stereocenters. The van der Waals surface area contributed by atoms with Crippen LogP contribution in [0.5, 0.6) is 0 Å². The lowest BCUT2D eigenvalue weighted by Crippen LogP contribution is -3.05. The molecule has 1 aliphatic carbocycles. The Morgan fingerprint density at radius 1 is 1.04 bits per heavy atom. The molecule has 24 heavy (non-hydrogen) atoms. The fraction of sp³-hybridized carbons (Fsp3) is 0.667. The molecule has 1 amide bonds. The molecule has 1 aromatic carbocycles. The largest absolute Gasteiger partial charge is 0.356 e. The molecule has 134 valence electrons. The molecule has 0 heterocycles. The molecule has 0 spiro atoms. The van der Waals surface area contributed by atoms with Crippen LogP contribution in [0.4, 0.5) is 0 Å². The first kappa shape index (κ1) is 19.0. The second kappa shape index (κ2) is 9.83. The van der Waals surface area contributed by atoms with Crippen molar-refractivity contribution in [2.75, 3.05) is 27.2 Å². The summed E-state index contributed by atoms with van der Waals surface area (Å²) in [6, 6.07) is 10.8. The van der Waals surface area contributed by atoms with Crippen LogP contribution in [-0.4, -0.2) is 33.1 Å². The lowest BCUT2D eigenvalue weighted by molar-refractivity contribution is -0.858. The van der Waals surface area contributed by atoms with E-state index in [4.69, 9.17) is 0 Å². The fourth-order valence-electron chi connectivity index (χ4n) is 3.98. The van der Waals surface area contributed by atoms with Crippen molar-refractivity contribution < 1.29 is 9.69 Å². The highest BCUT2D eigenvalue weighted by Crippen LogP contribution is 2.40. The van der Waals surface area contributed by atoms with Crippen molar-refractivity contribution in [2.24, 2.45) is 0 Å². The van der Waals surface area contributed by atoms with Crippen molar-refractivity contribution in [3.63, 3.8) is 0 Å². The average Bonchev–Trinajstić information content (AvgIpc) is 2.55. The maximum Gasteiger partial charge on any atom is 0.220 e. The van der Waals surface area contributed by atoms with Gasteiger partial charge < -0.3 is 10.2 Å². The Morgan fingerprint density at radius 2 is 1.67 bits per heavy atom. The number of carbonyl (C=O) groups is 1. The third-order valence-electron chi connectivity index (χ3n) is 5.37. The molecule has 3 nitrogen and oxygen atoms in total. The van der Waals surface area contributed by atoms with E-state index in [-0.39, 0.29) is 11.3 Å². The van der Waals surface area contributed by atoms with Crippen LogP contribution in [0.3, 0.4) is 0 Å². The molecule has 1 saturated carbocycles. The van der Waals surface area contributed by atoms with Gasteiger partial charge in [-0.2, -0.15) is 0 Å². The molecule has 3 heteroatoms. The van der Waals surface area contributed by atoms with Gasteiger partial charge in [0.2, 0.25) is 5.91 Å². The van der Waals surface area contributed by atoms with Gasteiger partial charge in [0, 0.05) is 24.8 Å². The van der Waals surface area contributed by atoms with Crippen molar-refractivity contribution >= 4 is 5.91 Å². The molecule has 1 fully saturated rings. The average molecular weight is 332 g/mol. The summed E-state index contributed by atoms with van der Waals surface area (Å²) >= 11 is 0. The van der Waals surface area contributed by atoms with Crippen LogP contribution in [0, 0.1) is 0 Å². The highest BCUT2D eigenvalue weighted by atomic mass is 16.1. The second-order valence-corrected chi connectivity index (χ2v) is 7.75. The Balaban J connectivity index is 2.01. The highest BCUT2D eigenvalue weighted by molar-refractivity contribution is 5.77. The van der Waals surface area contributed by atoms with E-state index in [0.717, 1.165) is 32.4 Å². The Kier molecular flexibility index (Phi) is 7.77. The molecule has 0 aromatic heterocycles. The SMILES string of the molecule is C[NH+](C)CCCNC(=O)CC1(c2ccccc2)CCCCCCC1. The van der Waals surface area contributed by atoms with Gasteiger partial charge in [-0.25, -0.2) is 0 Å². The van der Waals surface area contributed by atoms with Crippen molar-refractivity contribution in [3.8, 4) is 0 Å². The summed E-state index contributed by atoms with van der Waals surface area (Å²) in [7, 11) is 4.31. The number of amides is 1. The van der Waals surface area contributed by atoms with E-state index in [0.29, 0.717) is 6.42 Å². The first-order chi connectivity index (χ1) is 11.6. The van der Waals surface area contributed by atoms with Crippen molar-refractivity contribution in [3.05, 3.63) is 35.9 Å². The van der Waals surface area contributed by atoms with Crippen LogP contribution in [-0.2, 0) is 10.2 Å². The zero-order valence-corrected chi connectivity index (χ0v) is 15.6. The quantitative estimate of drug-likeness (QED) is 0.740. The van der Waals surface area contributed by atoms with Crippen LogP contribution < -0.4 is 10.2 Å². The molecule has 0 bridgehead atoms. The van der Waals surface area contributed by atoms with Gasteiger partial charge in [-0.05, 0) is 18.4 Å². The summed E-state index contributed by atoms with van der Waals surface area (Å²) in [6.07, 6.45) is 10.4. The minimum absolute atomic E-state index is 0.0402. The summed E-state index contributed by atoms with van der Waals surface area (Å²) in [4.78, 5) is 14.0. The van der Waals surface area contributed by atoms with Gasteiger partial charge in [-0.3, -0.25) is 4.79 Å². The van der Waals surface area contributed by atoms with Gasteiger partial charge in [0.05, 0.1) is 20.6 Å². The van der Waals surface area contributed by atoms with Crippen LogP contribution in [0.25, 0.3) is 0 Å². The monoisotopic (exact) mass is 331 g/mol. The van der Waals surface area contributed by atoms with Gasteiger partial charge in [0.15, 0.2) is 0 Å². The molecule has 0 atom stereocenters. The zero-order valence-electron chi connectivity index (χ0n) is 15.6.